The van der Waals surface area contributed by atoms with Crippen LogP contribution in [0.2, 0.25) is 0 Å². The first-order chi connectivity index (χ1) is 53.6. The SMILES string of the molecule is CC1NC(=O)C(CC(C)(O)CNC(=O)CCCCC(=O)NCC(C)(O)C2NC(=O)C3CCCCCC4CC(O)CN4C(=O)C(CSc4[nH]c5ccccc5c4C3)NC(=O)C(C(C)O)NC(=O)C(C)NC2=O)NC(=O)C2Cc3c([nH]c4ccccc34)SCC(NC(=O)C(C(C)O)NC1=O)C(=O)N1CCCC1C(=O)NC(C)C(=O)N2. The van der Waals surface area contributed by atoms with Gasteiger partial charge in [0.2, 0.25) is 82.7 Å². The Morgan fingerprint density at radius 3 is 1.59 bits per heavy atom. The predicted octanol–water partition coefficient (Wildman–Crippen LogP) is -2.45. The van der Waals surface area contributed by atoms with Crippen molar-refractivity contribution in [1.82, 2.24) is 83.6 Å². The molecule has 616 valence electrons. The molecular weight excluding hydrogens is 1510 g/mol. The minimum Gasteiger partial charge on any atom is -0.391 e. The molecule has 35 nitrogen and oxygen atoms in total. The second-order valence-electron chi connectivity index (χ2n) is 31.2. The maximum absolute atomic E-state index is 15.0. The average Bonchev–Trinajstić information content (AvgIpc) is 1.66. The molecule has 19 N–H and O–H groups in total. The van der Waals surface area contributed by atoms with E-state index in [0.717, 1.165) is 17.1 Å². The van der Waals surface area contributed by atoms with Crippen LogP contribution in [0.15, 0.2) is 58.6 Å². The molecule has 0 saturated carbocycles. The van der Waals surface area contributed by atoms with Crippen molar-refractivity contribution in [3.05, 3.63) is 59.7 Å². The molecule has 0 radical (unpaired) electrons. The molecule has 18 atom stereocenters. The zero-order valence-electron chi connectivity index (χ0n) is 64.4. The van der Waals surface area contributed by atoms with Gasteiger partial charge in [0.15, 0.2) is 0 Å². The first-order valence-electron chi connectivity index (χ1n) is 38.7. The number of hydrogen-bond donors (Lipinski definition) is 19. The molecule has 4 bridgehead atoms. The van der Waals surface area contributed by atoms with Crippen LogP contribution in [0.5, 0.6) is 0 Å². The molecule has 6 aliphatic heterocycles. The van der Waals surface area contributed by atoms with Crippen molar-refractivity contribution in [1.29, 1.82) is 0 Å². The summed E-state index contributed by atoms with van der Waals surface area (Å²) in [5, 5.41) is 91.0. The monoisotopic (exact) mass is 1610 g/mol. The van der Waals surface area contributed by atoms with Crippen molar-refractivity contribution in [2.75, 3.05) is 37.7 Å². The van der Waals surface area contributed by atoms with Crippen molar-refractivity contribution in [2.45, 2.75) is 257 Å². The lowest BCUT2D eigenvalue weighted by atomic mass is 9.89. The maximum Gasteiger partial charge on any atom is 0.246 e. The summed E-state index contributed by atoms with van der Waals surface area (Å²) in [6.45, 7) is 7.83. The quantitative estimate of drug-likeness (QED) is 0.0583. The summed E-state index contributed by atoms with van der Waals surface area (Å²) in [4.78, 5) is 210. The zero-order chi connectivity index (χ0) is 81.9. The Morgan fingerprint density at radius 2 is 1.03 bits per heavy atom. The number of carbonyl (C=O) groups excluding carboxylic acids is 14. The highest BCUT2D eigenvalue weighted by Gasteiger charge is 2.46. The molecule has 10 rings (SSSR count). The Balaban J connectivity index is 0.817. The summed E-state index contributed by atoms with van der Waals surface area (Å²) in [5.41, 5.74) is -1.85. The van der Waals surface area contributed by atoms with Crippen LogP contribution < -0.4 is 63.8 Å². The summed E-state index contributed by atoms with van der Waals surface area (Å²) >= 11 is 2.30. The van der Waals surface area contributed by atoms with Gasteiger partial charge in [0.05, 0.1) is 34.0 Å². The molecule has 18 unspecified atom stereocenters. The second kappa shape index (κ2) is 37.7. The van der Waals surface area contributed by atoms with E-state index in [2.05, 4.69) is 73.8 Å². The van der Waals surface area contributed by atoms with E-state index in [1.807, 2.05) is 24.3 Å². The van der Waals surface area contributed by atoms with E-state index < -0.39 is 204 Å². The Hall–Kier alpha value is -9.40. The van der Waals surface area contributed by atoms with Gasteiger partial charge >= 0.3 is 0 Å². The molecule has 8 heterocycles. The van der Waals surface area contributed by atoms with Crippen LogP contribution in [0.3, 0.4) is 0 Å². The standard InChI is InChI=1S/C76H106N16O19S2/c1-37-61(98)82-51-30-48-46-21-12-14-23-50(46)87-72(48)113-33-53(73(108)91-27-17-24-55(91)67(104)80-37)84-68(105)58(40(4)93)88-62(99)38(2)79-66(103)52(83-65(51)102)31-75(6,110)35-77-56(96)25-15-16-26-57(97)78-36-76(7,111)60-70(107)81-39(3)63(100)89-59(41(5)94)69(106)85-54-34-112-71-47(45-20-11-13-22-49(45)86-71)28-42(64(101)90-60)18-9-8-10-19-43-29-44(95)32-92(43)74(54)109/h11-14,20-23,37-44,51-55,58-60,86-87,93-95,110-111H,8-10,15-19,24-36H2,1-7H3,(H,77,96)(H,78,97)(H,79,103)(H,80,104)(H,81,107)(H,82,98)(H,83,102)(H,84,105)(H,85,106)(H,88,99)(H,89,100)(H,90,101). The molecule has 37 heteroatoms. The van der Waals surface area contributed by atoms with E-state index in [0.29, 0.717) is 82.5 Å². The van der Waals surface area contributed by atoms with E-state index in [-0.39, 0.29) is 75.6 Å². The fourth-order valence-electron chi connectivity index (χ4n) is 15.2. The van der Waals surface area contributed by atoms with Gasteiger partial charge in [-0.05, 0) is 123 Å². The van der Waals surface area contributed by atoms with Crippen molar-refractivity contribution >= 4 is 128 Å². The van der Waals surface area contributed by atoms with Crippen molar-refractivity contribution in [3.8, 4) is 0 Å². The summed E-state index contributed by atoms with van der Waals surface area (Å²) < 4.78 is 0. The van der Waals surface area contributed by atoms with Gasteiger partial charge in [-0.3, -0.25) is 67.1 Å². The molecule has 4 aromatic rings. The van der Waals surface area contributed by atoms with Crippen LogP contribution in [0.4, 0.5) is 0 Å². The number of fused-ring (bicyclic) bond motifs is 10. The Labute approximate surface area is 661 Å². The number of para-hydroxylation sites is 2. The first kappa shape index (κ1) is 86.0. The van der Waals surface area contributed by atoms with Gasteiger partial charge in [0, 0.05) is 97.1 Å². The molecule has 2 aromatic heterocycles. The van der Waals surface area contributed by atoms with Gasteiger partial charge < -0.3 is 109 Å². The van der Waals surface area contributed by atoms with Crippen LogP contribution in [-0.4, -0.2) is 268 Å². The minimum absolute atomic E-state index is 0.0250. The molecule has 14 amide bonds. The predicted molar refractivity (Wildman–Crippen MR) is 413 cm³/mol. The molecule has 2 aromatic carbocycles. The Bertz CT molecular complexity index is 4240. The third-order valence-electron chi connectivity index (χ3n) is 21.7. The van der Waals surface area contributed by atoms with Gasteiger partial charge in [-0.1, -0.05) is 55.7 Å². The van der Waals surface area contributed by atoms with E-state index >= 15 is 9.59 Å². The molecule has 6 aliphatic rings. The number of amides is 14. The Morgan fingerprint density at radius 1 is 0.531 bits per heavy atom. The number of nitrogens with one attached hydrogen (secondary N) is 14. The van der Waals surface area contributed by atoms with E-state index in [1.165, 1.54) is 65.1 Å². The lowest BCUT2D eigenvalue weighted by molar-refractivity contribution is -0.142. The van der Waals surface area contributed by atoms with Crippen LogP contribution in [0.1, 0.15) is 143 Å². The maximum atomic E-state index is 15.0. The lowest BCUT2D eigenvalue weighted by Crippen LogP contribution is -2.65. The summed E-state index contributed by atoms with van der Waals surface area (Å²) in [6.07, 6.45) is -1.62. The number of aliphatic hydroxyl groups is 5. The molecule has 2 saturated heterocycles. The minimum atomic E-state index is -2.29. The third kappa shape index (κ3) is 21.7. The van der Waals surface area contributed by atoms with Gasteiger partial charge in [0.25, 0.3) is 0 Å². The van der Waals surface area contributed by atoms with Crippen LogP contribution in [0, 0.1) is 5.92 Å². The van der Waals surface area contributed by atoms with E-state index in [4.69, 9.17) is 0 Å². The van der Waals surface area contributed by atoms with Crippen molar-refractivity contribution in [2.24, 2.45) is 5.92 Å². The molecule has 113 heavy (non-hydrogen) atoms. The van der Waals surface area contributed by atoms with Crippen molar-refractivity contribution in [3.63, 3.8) is 0 Å². The molecular formula is C76H106N16O19S2. The van der Waals surface area contributed by atoms with Gasteiger partial charge in [0.1, 0.15) is 72.1 Å². The topological polar surface area (TPSA) is 523 Å². The lowest BCUT2D eigenvalue weighted by Gasteiger charge is -2.34. The first-order valence-corrected chi connectivity index (χ1v) is 40.7. The number of benzene rings is 2. The van der Waals surface area contributed by atoms with Gasteiger partial charge in [-0.15, -0.1) is 23.5 Å². The number of carbonyl (C=O) groups is 14. The van der Waals surface area contributed by atoms with Crippen LogP contribution in [-0.2, 0) is 80.0 Å². The van der Waals surface area contributed by atoms with Gasteiger partial charge in [-0.2, -0.15) is 0 Å². The average molecular weight is 1610 g/mol. The fraction of sp³-hybridized carbons (Fsp3) is 0.605. The Kier molecular flexibility index (Phi) is 28.7. The number of H-pyrrole nitrogens is 2. The number of rotatable bonds is 14. The summed E-state index contributed by atoms with van der Waals surface area (Å²) in [7, 11) is 0. The number of aliphatic hydroxyl groups excluding tert-OH is 3. The van der Waals surface area contributed by atoms with Crippen molar-refractivity contribution < 1.29 is 92.7 Å². The number of unbranched alkanes of at least 4 members (excludes halogenated alkanes) is 1. The highest BCUT2D eigenvalue weighted by molar-refractivity contribution is 7.99. The highest BCUT2D eigenvalue weighted by atomic mass is 32.2. The smallest absolute Gasteiger partial charge is 0.246 e. The number of aromatic amines is 2. The molecule has 0 aliphatic carbocycles. The van der Waals surface area contributed by atoms with Crippen LogP contribution in [0.25, 0.3) is 21.8 Å². The molecule has 0 spiro atoms. The highest BCUT2D eigenvalue weighted by Crippen LogP contribution is 2.37. The third-order valence-corrected chi connectivity index (χ3v) is 24.0. The van der Waals surface area contributed by atoms with Crippen LogP contribution >= 0.6 is 23.5 Å². The van der Waals surface area contributed by atoms with E-state index in [1.54, 1.807) is 29.2 Å². The largest absolute Gasteiger partial charge is 0.391 e. The number of aromatic nitrogens is 2. The number of nitrogens with zero attached hydrogens (tertiary/aromatic N) is 2. The normalized spacial score (nSPS) is 29.1. The molecule has 2 fully saturated rings. The fourth-order valence-corrected chi connectivity index (χ4v) is 17.5. The zero-order valence-corrected chi connectivity index (χ0v) is 66.0. The summed E-state index contributed by atoms with van der Waals surface area (Å²) in [6, 6.07) is -2.41. The second-order valence-corrected chi connectivity index (χ2v) is 33.3. The van der Waals surface area contributed by atoms with E-state index in [9.17, 15) is 83.1 Å². The number of thioether (sulfide) groups is 2. The summed E-state index contributed by atoms with van der Waals surface area (Å²) in [5.74, 6) is -12.5. The number of hydrogen-bond acceptors (Lipinski definition) is 21. The van der Waals surface area contributed by atoms with Gasteiger partial charge in [-0.25, -0.2) is 0 Å².